The normalized spacial score (nSPS) is 24.3. The second-order valence-electron chi connectivity index (χ2n) is 7.36. The summed E-state index contributed by atoms with van der Waals surface area (Å²) in [5.74, 6) is -2.57. The molecule has 0 amide bonds. The third-order valence-electron chi connectivity index (χ3n) is 4.64. The Morgan fingerprint density at radius 3 is 2.37 bits per heavy atom. The molecule has 0 spiro atoms. The van der Waals surface area contributed by atoms with E-state index in [4.69, 9.17) is 5.73 Å². The van der Waals surface area contributed by atoms with Gasteiger partial charge in [0.25, 0.3) is 0 Å². The van der Waals surface area contributed by atoms with Gasteiger partial charge in [-0.15, -0.1) is 0 Å². The number of amidine groups is 1. The summed E-state index contributed by atoms with van der Waals surface area (Å²) in [6, 6.07) is 3.34. The van der Waals surface area contributed by atoms with Crippen LogP contribution in [-0.4, -0.2) is 36.7 Å². The Morgan fingerprint density at radius 2 is 1.85 bits per heavy atom. The predicted molar refractivity (Wildman–Crippen MR) is 92.6 cm³/mol. The van der Waals surface area contributed by atoms with Gasteiger partial charge in [0.15, 0.2) is 9.84 Å². The molecule has 10 heteroatoms. The van der Waals surface area contributed by atoms with Gasteiger partial charge in [-0.2, -0.15) is 13.2 Å². The number of hydrogen-bond donors (Lipinski definition) is 1. The number of Topliss-reactive ketones (excluding diaryl/α,β-unsaturated/α-hetero) is 1. The van der Waals surface area contributed by atoms with E-state index in [2.05, 4.69) is 4.99 Å². The SMILES string of the molecule is CC1(C)C(N)=N[C@](C)(c2cc(CC(=O)CC(F)(F)F)ccc2F)CS1(=O)=O. The predicted octanol–water partition coefficient (Wildman–Crippen LogP) is 2.67. The highest BCUT2D eigenvalue weighted by molar-refractivity contribution is 7.93. The molecule has 27 heavy (non-hydrogen) atoms. The molecule has 0 saturated heterocycles. The first-order chi connectivity index (χ1) is 12.1. The maximum atomic E-state index is 14.4. The van der Waals surface area contributed by atoms with Crippen molar-refractivity contribution in [2.45, 2.75) is 50.1 Å². The van der Waals surface area contributed by atoms with Gasteiger partial charge >= 0.3 is 6.18 Å². The lowest BCUT2D eigenvalue weighted by atomic mass is 9.90. The minimum absolute atomic E-state index is 0.137. The average Bonchev–Trinajstić information content (AvgIpc) is 2.45. The molecule has 0 fully saturated rings. The number of ketones is 1. The van der Waals surface area contributed by atoms with Crippen molar-refractivity contribution in [1.29, 1.82) is 0 Å². The van der Waals surface area contributed by atoms with E-state index in [-0.39, 0.29) is 17.0 Å². The van der Waals surface area contributed by atoms with E-state index in [0.717, 1.165) is 6.07 Å². The Hall–Kier alpha value is -1.97. The van der Waals surface area contributed by atoms with Crippen LogP contribution in [0.15, 0.2) is 23.2 Å². The van der Waals surface area contributed by atoms with Crippen molar-refractivity contribution in [3.05, 3.63) is 35.1 Å². The van der Waals surface area contributed by atoms with Gasteiger partial charge in [-0.05, 0) is 38.5 Å². The van der Waals surface area contributed by atoms with Gasteiger partial charge in [0.2, 0.25) is 0 Å². The molecular weight excluding hydrogens is 388 g/mol. The fourth-order valence-electron chi connectivity index (χ4n) is 2.89. The third kappa shape index (κ3) is 4.31. The molecule has 0 aliphatic carbocycles. The summed E-state index contributed by atoms with van der Waals surface area (Å²) in [4.78, 5) is 15.7. The van der Waals surface area contributed by atoms with Gasteiger partial charge < -0.3 is 5.73 Å². The topological polar surface area (TPSA) is 89.6 Å². The number of benzene rings is 1. The zero-order valence-electron chi connectivity index (χ0n) is 15.0. The molecule has 0 unspecified atom stereocenters. The van der Waals surface area contributed by atoms with Crippen molar-refractivity contribution in [2.75, 3.05) is 5.75 Å². The van der Waals surface area contributed by atoms with Crippen molar-refractivity contribution in [3.8, 4) is 0 Å². The van der Waals surface area contributed by atoms with Crippen LogP contribution >= 0.6 is 0 Å². The second-order valence-corrected chi connectivity index (χ2v) is 9.90. The largest absolute Gasteiger partial charge is 0.395 e. The van der Waals surface area contributed by atoms with E-state index in [1.807, 2.05) is 0 Å². The summed E-state index contributed by atoms with van der Waals surface area (Å²) in [5, 5.41) is 0. The Kier molecular flexibility index (Phi) is 5.19. The molecular formula is C17H20F4N2O3S. The van der Waals surface area contributed by atoms with Crippen LogP contribution in [0.3, 0.4) is 0 Å². The van der Waals surface area contributed by atoms with Gasteiger partial charge in [-0.3, -0.25) is 9.79 Å². The molecule has 0 radical (unpaired) electrons. The summed E-state index contributed by atoms with van der Waals surface area (Å²) in [7, 11) is -3.78. The number of rotatable bonds is 4. The van der Waals surface area contributed by atoms with Crippen LogP contribution in [0.5, 0.6) is 0 Å². The summed E-state index contributed by atoms with van der Waals surface area (Å²) in [6.45, 7) is 4.17. The fourth-order valence-corrected chi connectivity index (χ4v) is 4.57. The number of alkyl halides is 3. The maximum absolute atomic E-state index is 14.4. The molecule has 1 aromatic rings. The van der Waals surface area contributed by atoms with Crippen LogP contribution in [0.4, 0.5) is 17.6 Å². The zero-order valence-corrected chi connectivity index (χ0v) is 15.8. The van der Waals surface area contributed by atoms with Crippen LogP contribution in [0.1, 0.15) is 38.3 Å². The Morgan fingerprint density at radius 1 is 1.26 bits per heavy atom. The van der Waals surface area contributed by atoms with Crippen LogP contribution < -0.4 is 5.73 Å². The number of carbonyl (C=O) groups is 1. The fraction of sp³-hybridized carbons (Fsp3) is 0.529. The van der Waals surface area contributed by atoms with E-state index in [0.29, 0.717) is 0 Å². The lowest BCUT2D eigenvalue weighted by molar-refractivity contribution is -0.151. The third-order valence-corrected chi connectivity index (χ3v) is 7.35. The monoisotopic (exact) mass is 408 g/mol. The number of hydrogen-bond acceptors (Lipinski definition) is 5. The van der Waals surface area contributed by atoms with Crippen molar-refractivity contribution < 1.29 is 30.8 Å². The summed E-state index contributed by atoms with van der Waals surface area (Å²) in [6.07, 6.45) is -6.78. The molecule has 0 aromatic heterocycles. The lowest BCUT2D eigenvalue weighted by Gasteiger charge is -2.38. The van der Waals surface area contributed by atoms with E-state index in [9.17, 15) is 30.8 Å². The molecule has 2 N–H and O–H groups in total. The first-order valence-corrected chi connectivity index (χ1v) is 9.68. The Balaban J connectivity index is 2.45. The molecule has 5 nitrogen and oxygen atoms in total. The van der Waals surface area contributed by atoms with E-state index >= 15 is 0 Å². The summed E-state index contributed by atoms with van der Waals surface area (Å²) >= 11 is 0. The van der Waals surface area contributed by atoms with E-state index < -0.39 is 56.5 Å². The van der Waals surface area contributed by atoms with Crippen molar-refractivity contribution in [2.24, 2.45) is 10.7 Å². The lowest BCUT2D eigenvalue weighted by Crippen LogP contribution is -2.55. The van der Waals surface area contributed by atoms with E-state index in [1.165, 1.54) is 32.9 Å². The number of carbonyl (C=O) groups excluding carboxylic acids is 1. The first-order valence-electron chi connectivity index (χ1n) is 8.03. The van der Waals surface area contributed by atoms with Crippen molar-refractivity contribution in [1.82, 2.24) is 0 Å². The number of halogens is 4. The van der Waals surface area contributed by atoms with Crippen molar-refractivity contribution in [3.63, 3.8) is 0 Å². The van der Waals surface area contributed by atoms with Crippen LogP contribution in [0, 0.1) is 5.82 Å². The van der Waals surface area contributed by atoms with Crippen LogP contribution in [0.25, 0.3) is 0 Å². The smallest absolute Gasteiger partial charge is 0.386 e. The van der Waals surface area contributed by atoms with Crippen LogP contribution in [0.2, 0.25) is 0 Å². The van der Waals surface area contributed by atoms with Gasteiger partial charge in [0.1, 0.15) is 34.1 Å². The van der Waals surface area contributed by atoms with Gasteiger partial charge in [-0.1, -0.05) is 6.07 Å². The Labute approximate surface area is 154 Å². The summed E-state index contributed by atoms with van der Waals surface area (Å²) < 4.78 is 75.1. The van der Waals surface area contributed by atoms with Crippen molar-refractivity contribution >= 4 is 21.5 Å². The Bertz CT molecular complexity index is 907. The number of aliphatic imine (C=N–C) groups is 1. The molecule has 1 aliphatic rings. The molecule has 1 heterocycles. The van der Waals surface area contributed by atoms with Crippen LogP contribution in [-0.2, 0) is 26.6 Å². The highest BCUT2D eigenvalue weighted by Gasteiger charge is 2.49. The molecule has 2 rings (SSSR count). The highest BCUT2D eigenvalue weighted by atomic mass is 32.2. The molecule has 1 aliphatic heterocycles. The standard InChI is InChI=1S/C17H20F4N2O3S/c1-15(2)14(22)23-16(3,9-27(15,25)26)12-7-10(4-5-13(12)18)6-11(24)8-17(19,20)21/h4-5,7H,6,8-9H2,1-3H3,(H2,22,23)/t16-/m0/s1. The van der Waals surface area contributed by atoms with E-state index in [1.54, 1.807) is 0 Å². The van der Waals surface area contributed by atoms with Gasteiger partial charge in [0.05, 0.1) is 5.75 Å². The molecule has 1 aromatic carbocycles. The minimum Gasteiger partial charge on any atom is -0.386 e. The van der Waals surface area contributed by atoms with Gasteiger partial charge in [-0.25, -0.2) is 12.8 Å². The zero-order chi connectivity index (χ0) is 20.8. The number of nitrogens with zero attached hydrogens (tertiary/aromatic N) is 1. The molecule has 1 atom stereocenters. The van der Waals surface area contributed by atoms with Gasteiger partial charge in [0, 0.05) is 12.0 Å². The second kappa shape index (κ2) is 6.57. The first kappa shape index (κ1) is 21.3. The molecule has 0 bridgehead atoms. The number of sulfone groups is 1. The molecule has 150 valence electrons. The summed E-state index contributed by atoms with van der Waals surface area (Å²) in [5.41, 5.74) is 4.26. The maximum Gasteiger partial charge on any atom is 0.395 e. The average molecular weight is 408 g/mol. The number of nitrogens with two attached hydrogens (primary N) is 1. The quantitative estimate of drug-likeness (QED) is 0.776. The minimum atomic E-state index is -4.63. The molecule has 0 saturated carbocycles. The highest BCUT2D eigenvalue weighted by Crippen LogP contribution is 2.38.